The minimum Gasteiger partial charge on any atom is -0.479 e. The third-order valence-electron chi connectivity index (χ3n) is 11.0. The molecule has 1 saturated heterocycles. The van der Waals surface area contributed by atoms with Crippen LogP contribution in [0.2, 0.25) is 0 Å². The summed E-state index contributed by atoms with van der Waals surface area (Å²) in [5.74, 6) is -2.85. The first-order valence-corrected chi connectivity index (χ1v) is 13.3. The van der Waals surface area contributed by atoms with Crippen molar-refractivity contribution in [2.24, 2.45) is 34.5 Å². The Labute approximate surface area is 214 Å². The Morgan fingerprint density at radius 2 is 1.68 bits per heavy atom. The summed E-state index contributed by atoms with van der Waals surface area (Å²) in [4.78, 5) is 37.1. The third-order valence-corrected chi connectivity index (χ3v) is 11.0. The Balaban J connectivity index is 1.31. The molecule has 0 unspecified atom stereocenters. The van der Waals surface area contributed by atoms with Crippen LogP contribution < -0.4 is 0 Å². The van der Waals surface area contributed by atoms with Crippen LogP contribution in [-0.2, 0) is 23.9 Å². The quantitative estimate of drug-likeness (QED) is 0.276. The molecule has 0 spiro atoms. The number of rotatable bonds is 4. The van der Waals surface area contributed by atoms with Gasteiger partial charge in [-0.25, -0.2) is 9.59 Å². The van der Waals surface area contributed by atoms with Crippen LogP contribution in [0.3, 0.4) is 0 Å². The van der Waals surface area contributed by atoms with Gasteiger partial charge < -0.3 is 40.1 Å². The fourth-order valence-electron chi connectivity index (χ4n) is 8.87. The lowest BCUT2D eigenvalue weighted by atomic mass is 9.44. The molecule has 0 radical (unpaired) electrons. The van der Waals surface area contributed by atoms with E-state index in [1.165, 1.54) is 0 Å². The van der Waals surface area contributed by atoms with E-state index in [-0.39, 0.29) is 47.7 Å². The zero-order valence-corrected chi connectivity index (χ0v) is 21.2. The molecular formula is C26H38O11. The van der Waals surface area contributed by atoms with Crippen LogP contribution in [0.1, 0.15) is 65.2 Å². The molecule has 0 aromatic rings. The lowest BCUT2D eigenvalue weighted by molar-refractivity contribution is -0.309. The number of fused-ring (bicyclic) bond motifs is 5. The number of aliphatic hydroxyl groups is 4. The van der Waals surface area contributed by atoms with Gasteiger partial charge in [0.15, 0.2) is 18.0 Å². The summed E-state index contributed by atoms with van der Waals surface area (Å²) >= 11 is 0. The predicted octanol–water partition coefficient (Wildman–Crippen LogP) is 0.301. The molecule has 5 rings (SSSR count). The molecule has 37 heavy (non-hydrogen) atoms. The fraction of sp³-hybridized carbons (Fsp3) is 0.885. The summed E-state index contributed by atoms with van der Waals surface area (Å²) in [6, 6.07) is 0. The number of hydrogen-bond acceptors (Lipinski definition) is 9. The number of carbonyl (C=O) groups is 3. The molecule has 208 valence electrons. The van der Waals surface area contributed by atoms with Crippen LogP contribution in [-0.4, -0.2) is 90.8 Å². The average molecular weight is 527 g/mol. The van der Waals surface area contributed by atoms with Crippen LogP contribution in [0.5, 0.6) is 0 Å². The topological polar surface area (TPSA) is 191 Å². The maximum atomic E-state index is 13.7. The summed E-state index contributed by atoms with van der Waals surface area (Å²) in [7, 11) is 0. The Bertz CT molecular complexity index is 970. The maximum absolute atomic E-state index is 13.7. The summed E-state index contributed by atoms with van der Waals surface area (Å²) in [6.45, 7) is 3.88. The lowest BCUT2D eigenvalue weighted by Crippen LogP contribution is -2.62. The van der Waals surface area contributed by atoms with Gasteiger partial charge in [0.1, 0.15) is 24.1 Å². The van der Waals surface area contributed by atoms with Gasteiger partial charge in [-0.2, -0.15) is 0 Å². The molecular weight excluding hydrogens is 488 g/mol. The van der Waals surface area contributed by atoms with E-state index in [9.17, 15) is 45.0 Å². The lowest BCUT2D eigenvalue weighted by Gasteiger charge is -2.60. The number of carboxylic acid groups (broad SMARTS) is 2. The number of Topliss-reactive ketones (excluding diaryl/α,β-unsaturated/α-hetero) is 1. The van der Waals surface area contributed by atoms with Gasteiger partial charge in [0.25, 0.3) is 0 Å². The van der Waals surface area contributed by atoms with Crippen molar-refractivity contribution < 1.29 is 54.5 Å². The molecule has 5 fully saturated rings. The minimum atomic E-state index is -1.89. The molecule has 0 bridgehead atoms. The van der Waals surface area contributed by atoms with Crippen molar-refractivity contribution in [3.8, 4) is 0 Å². The average Bonchev–Trinajstić information content (AvgIpc) is 3.10. The van der Waals surface area contributed by atoms with E-state index in [1.54, 1.807) is 6.92 Å². The van der Waals surface area contributed by atoms with Gasteiger partial charge in [-0.1, -0.05) is 13.8 Å². The van der Waals surface area contributed by atoms with E-state index >= 15 is 0 Å². The van der Waals surface area contributed by atoms with Crippen LogP contribution in [0.4, 0.5) is 0 Å². The Morgan fingerprint density at radius 3 is 2.32 bits per heavy atom. The van der Waals surface area contributed by atoms with Gasteiger partial charge in [0.2, 0.25) is 0 Å². The number of carbonyl (C=O) groups excluding carboxylic acids is 1. The molecule has 0 aromatic carbocycles. The van der Waals surface area contributed by atoms with Crippen LogP contribution in [0.25, 0.3) is 0 Å². The van der Waals surface area contributed by atoms with Crippen molar-refractivity contribution in [3.63, 3.8) is 0 Å². The molecule has 0 amide bonds. The zero-order chi connectivity index (χ0) is 27.1. The maximum Gasteiger partial charge on any atom is 0.336 e. The number of ketones is 1. The van der Waals surface area contributed by atoms with E-state index in [4.69, 9.17) is 9.47 Å². The first-order valence-electron chi connectivity index (χ1n) is 13.3. The SMILES string of the molecule is C[C@@]12CC[C@H](O[C@H]3O[C@@H](C(=O)O)[C@H](O)[C@@H](O)[C@@H]3O)C[C@@H]1CC[C@H]1[C@H]2C(=O)C[C@@]2(C)[C@@H]1CC[C@@]2(O)C(=O)O. The molecule has 1 aliphatic heterocycles. The van der Waals surface area contributed by atoms with Gasteiger partial charge in [-0.15, -0.1) is 0 Å². The van der Waals surface area contributed by atoms with Crippen LogP contribution >= 0.6 is 0 Å². The minimum absolute atomic E-state index is 0.00908. The smallest absolute Gasteiger partial charge is 0.336 e. The highest BCUT2D eigenvalue weighted by molar-refractivity contribution is 5.87. The summed E-state index contributed by atoms with van der Waals surface area (Å²) in [5, 5.41) is 60.5. The van der Waals surface area contributed by atoms with Gasteiger partial charge in [0, 0.05) is 17.8 Å². The van der Waals surface area contributed by atoms with Crippen molar-refractivity contribution in [3.05, 3.63) is 0 Å². The second-order valence-electron chi connectivity index (χ2n) is 12.6. The number of carboxylic acids is 2. The molecule has 11 nitrogen and oxygen atoms in total. The first-order chi connectivity index (χ1) is 17.2. The van der Waals surface area contributed by atoms with E-state index in [2.05, 4.69) is 6.92 Å². The molecule has 0 aromatic heterocycles. The van der Waals surface area contributed by atoms with E-state index in [0.29, 0.717) is 25.7 Å². The van der Waals surface area contributed by atoms with Crippen molar-refractivity contribution in [2.45, 2.75) is 108 Å². The molecule has 4 saturated carbocycles. The Kier molecular flexibility index (Phi) is 6.53. The molecule has 4 aliphatic carbocycles. The van der Waals surface area contributed by atoms with Crippen molar-refractivity contribution in [2.75, 3.05) is 0 Å². The number of aliphatic carboxylic acids is 2. The van der Waals surface area contributed by atoms with Gasteiger partial charge >= 0.3 is 11.9 Å². The zero-order valence-electron chi connectivity index (χ0n) is 21.2. The summed E-state index contributed by atoms with van der Waals surface area (Å²) < 4.78 is 11.2. The molecule has 6 N–H and O–H groups in total. The fourth-order valence-corrected chi connectivity index (χ4v) is 8.87. The monoisotopic (exact) mass is 526 g/mol. The molecule has 1 heterocycles. The Hall–Kier alpha value is -1.63. The van der Waals surface area contributed by atoms with Crippen LogP contribution in [0, 0.1) is 34.5 Å². The van der Waals surface area contributed by atoms with E-state index < -0.39 is 59.8 Å². The second-order valence-corrected chi connectivity index (χ2v) is 12.6. The number of ether oxygens (including phenoxy) is 2. The Morgan fingerprint density at radius 1 is 0.973 bits per heavy atom. The predicted molar refractivity (Wildman–Crippen MR) is 124 cm³/mol. The second kappa shape index (κ2) is 8.96. The van der Waals surface area contributed by atoms with Gasteiger partial charge in [0.05, 0.1) is 6.10 Å². The molecule has 13 atom stereocenters. The van der Waals surface area contributed by atoms with Crippen molar-refractivity contribution in [1.82, 2.24) is 0 Å². The summed E-state index contributed by atoms with van der Waals surface area (Å²) in [6.07, 6.45) is -4.57. The first kappa shape index (κ1) is 27.0. The standard InChI is InChI=1S/C26H38O11/c1-24-7-5-12(36-22-19(30)17(28)18(29)20(37-22)21(31)32)9-11(24)3-4-13-14-6-8-26(35,23(33)34)25(14,2)10-15(27)16(13)24/h11-14,16-20,22,28-30,35H,3-10H2,1-2H3,(H,31,32)(H,33,34)/t11-,12-,13+,14+,16-,17+,18+,19-,20+,22-,24+,25-,26+/m0/s1. The van der Waals surface area contributed by atoms with Gasteiger partial charge in [-0.05, 0) is 68.1 Å². The number of aliphatic hydroxyl groups excluding tert-OH is 3. The van der Waals surface area contributed by atoms with Crippen LogP contribution in [0.15, 0.2) is 0 Å². The third kappa shape index (κ3) is 3.80. The normalized spacial score (nSPS) is 53.6. The van der Waals surface area contributed by atoms with Crippen molar-refractivity contribution in [1.29, 1.82) is 0 Å². The van der Waals surface area contributed by atoms with Crippen molar-refractivity contribution >= 4 is 17.7 Å². The summed E-state index contributed by atoms with van der Waals surface area (Å²) in [5.41, 5.74) is -3.20. The van der Waals surface area contributed by atoms with E-state index in [1.807, 2.05) is 0 Å². The molecule has 5 aliphatic rings. The highest BCUT2D eigenvalue weighted by atomic mass is 16.7. The highest BCUT2D eigenvalue weighted by Crippen LogP contribution is 2.67. The highest BCUT2D eigenvalue weighted by Gasteiger charge is 2.69. The number of hydrogen-bond donors (Lipinski definition) is 6. The molecule has 11 heteroatoms. The van der Waals surface area contributed by atoms with E-state index in [0.717, 1.165) is 12.8 Å². The van der Waals surface area contributed by atoms with Gasteiger partial charge in [-0.3, -0.25) is 4.79 Å². The largest absolute Gasteiger partial charge is 0.479 e.